The minimum absolute atomic E-state index is 0.172. The van der Waals surface area contributed by atoms with Crippen LogP contribution < -0.4 is 10.6 Å². The molecule has 10 heteroatoms. The summed E-state index contributed by atoms with van der Waals surface area (Å²) in [5.41, 5.74) is 3.71. The Balaban J connectivity index is 1.41. The molecular weight excluding hydrogens is 468 g/mol. The number of nitrogens with zero attached hydrogens (tertiary/aromatic N) is 6. The molecule has 37 heavy (non-hydrogen) atoms. The Morgan fingerprint density at radius 1 is 1.30 bits per heavy atom. The molecule has 2 aliphatic heterocycles. The Kier molecular flexibility index (Phi) is 6.51. The van der Waals surface area contributed by atoms with E-state index in [4.69, 9.17) is 0 Å². The molecule has 2 aliphatic rings. The van der Waals surface area contributed by atoms with Crippen molar-refractivity contribution in [2.24, 2.45) is 10.9 Å². The van der Waals surface area contributed by atoms with E-state index in [1.54, 1.807) is 18.6 Å². The first-order valence-corrected chi connectivity index (χ1v) is 12.4. The standard InChI is InChI=1S/C27H32N8O2/c1-17(34-11-5-7-18(16-34)27(2,3)37)8-9-22(28-4)33-20-14-30-24(19-13-31-25(36)23(19)20)21-15-32-26-29-10-6-12-35(21)26/h6,8-10,12,14-15,18,33,37H,4-5,7,11,13,16H2,1-3H3,(H,31,36)/b17-8+,22-9+/t18-/m0/s1. The molecule has 0 aromatic carbocycles. The number of rotatable bonds is 7. The highest BCUT2D eigenvalue weighted by Crippen LogP contribution is 2.33. The smallest absolute Gasteiger partial charge is 0.254 e. The Hall–Kier alpha value is -4.05. The average molecular weight is 501 g/mol. The van der Waals surface area contributed by atoms with Crippen LogP contribution in [0.15, 0.2) is 59.5 Å². The molecule has 0 spiro atoms. The lowest BCUT2D eigenvalue weighted by molar-refractivity contribution is -0.0120. The molecule has 10 nitrogen and oxygen atoms in total. The summed E-state index contributed by atoms with van der Waals surface area (Å²) in [6.07, 6.45) is 12.8. The zero-order valence-electron chi connectivity index (χ0n) is 21.4. The fraction of sp³-hybridized carbons (Fsp3) is 0.370. The normalized spacial score (nSPS) is 18.6. The lowest BCUT2D eigenvalue weighted by Crippen LogP contribution is -2.43. The van der Waals surface area contributed by atoms with Gasteiger partial charge in [0.1, 0.15) is 5.82 Å². The number of fused-ring (bicyclic) bond motifs is 2. The molecule has 5 heterocycles. The lowest BCUT2D eigenvalue weighted by atomic mass is 9.84. The van der Waals surface area contributed by atoms with Crippen molar-refractivity contribution in [3.8, 4) is 11.4 Å². The van der Waals surface area contributed by atoms with Crippen LogP contribution in [0, 0.1) is 5.92 Å². The molecule has 0 bridgehead atoms. The third-order valence-electron chi connectivity index (χ3n) is 7.20. The number of anilines is 1. The van der Waals surface area contributed by atoms with Crippen molar-refractivity contribution in [3.63, 3.8) is 0 Å². The van der Waals surface area contributed by atoms with E-state index in [2.05, 4.69) is 49.1 Å². The Bertz CT molecular complexity index is 1420. The summed E-state index contributed by atoms with van der Waals surface area (Å²) in [5.74, 6) is 1.12. The van der Waals surface area contributed by atoms with E-state index in [0.717, 1.165) is 42.9 Å². The summed E-state index contributed by atoms with van der Waals surface area (Å²) in [7, 11) is 0. The van der Waals surface area contributed by atoms with E-state index in [9.17, 15) is 9.90 Å². The second kappa shape index (κ2) is 9.78. The van der Waals surface area contributed by atoms with Crippen molar-refractivity contribution in [2.45, 2.75) is 45.8 Å². The minimum atomic E-state index is -0.704. The molecule has 5 rings (SSSR count). The second-order valence-corrected chi connectivity index (χ2v) is 10.1. The van der Waals surface area contributed by atoms with E-state index in [-0.39, 0.29) is 11.8 Å². The van der Waals surface area contributed by atoms with Gasteiger partial charge in [0, 0.05) is 49.2 Å². The molecule has 0 aliphatic carbocycles. The van der Waals surface area contributed by atoms with Gasteiger partial charge in [-0.3, -0.25) is 14.2 Å². The van der Waals surface area contributed by atoms with E-state index in [0.29, 0.717) is 35.1 Å². The van der Waals surface area contributed by atoms with Gasteiger partial charge in [-0.1, -0.05) is 0 Å². The topological polar surface area (TPSA) is 120 Å². The SMILES string of the molecule is C=N/C(=C\C=C(/C)N1CCC[C@H](C(C)(C)O)C1)Nc1cnc(-c2cnc3ncccn23)c2c1C(=O)NC2. The Labute approximate surface area is 215 Å². The number of hydrogen-bond acceptors (Lipinski definition) is 8. The molecular formula is C27H32N8O2. The predicted molar refractivity (Wildman–Crippen MR) is 143 cm³/mol. The van der Waals surface area contributed by atoms with Gasteiger partial charge in [0.15, 0.2) is 0 Å². The number of hydrogen-bond donors (Lipinski definition) is 3. The zero-order valence-corrected chi connectivity index (χ0v) is 21.4. The monoisotopic (exact) mass is 500 g/mol. The number of likely N-dealkylation sites (tertiary alicyclic amines) is 1. The summed E-state index contributed by atoms with van der Waals surface area (Å²) in [4.78, 5) is 32.5. The molecule has 0 unspecified atom stereocenters. The molecule has 1 fully saturated rings. The maximum atomic E-state index is 12.8. The van der Waals surface area contributed by atoms with Crippen LogP contribution in [0.25, 0.3) is 17.2 Å². The van der Waals surface area contributed by atoms with Gasteiger partial charge in [0.2, 0.25) is 5.78 Å². The summed E-state index contributed by atoms with van der Waals surface area (Å²) < 4.78 is 1.85. The van der Waals surface area contributed by atoms with Crippen molar-refractivity contribution in [1.82, 2.24) is 29.6 Å². The van der Waals surface area contributed by atoms with Crippen LogP contribution in [0.3, 0.4) is 0 Å². The molecule has 3 N–H and O–H groups in total. The second-order valence-electron chi connectivity index (χ2n) is 10.1. The summed E-state index contributed by atoms with van der Waals surface area (Å²) in [5, 5.41) is 16.6. The van der Waals surface area contributed by atoms with Gasteiger partial charge in [-0.2, -0.15) is 0 Å². The fourth-order valence-electron chi connectivity index (χ4n) is 5.01. The first-order chi connectivity index (χ1) is 17.8. The number of pyridine rings is 1. The van der Waals surface area contributed by atoms with E-state index >= 15 is 0 Å². The highest BCUT2D eigenvalue weighted by molar-refractivity contribution is 6.05. The number of aliphatic hydroxyl groups is 1. The number of carbonyl (C=O) groups is 1. The van der Waals surface area contributed by atoms with Crippen molar-refractivity contribution >= 4 is 24.1 Å². The largest absolute Gasteiger partial charge is 0.390 e. The van der Waals surface area contributed by atoms with Crippen molar-refractivity contribution in [1.29, 1.82) is 0 Å². The summed E-state index contributed by atoms with van der Waals surface area (Å²) in [6.45, 7) is 11.6. The third kappa shape index (κ3) is 4.84. The number of amides is 1. The number of aromatic nitrogens is 4. The summed E-state index contributed by atoms with van der Waals surface area (Å²) in [6, 6.07) is 1.83. The molecule has 192 valence electrons. The van der Waals surface area contributed by atoms with Gasteiger partial charge < -0.3 is 20.6 Å². The highest BCUT2D eigenvalue weighted by atomic mass is 16.3. The third-order valence-corrected chi connectivity index (χ3v) is 7.20. The van der Waals surface area contributed by atoms with Crippen LogP contribution in [-0.2, 0) is 6.54 Å². The maximum Gasteiger partial charge on any atom is 0.254 e. The van der Waals surface area contributed by atoms with Crippen LogP contribution in [0.4, 0.5) is 5.69 Å². The number of carbonyl (C=O) groups excluding carboxylic acids is 1. The van der Waals surface area contributed by atoms with Crippen molar-refractivity contribution < 1.29 is 9.90 Å². The maximum absolute atomic E-state index is 12.8. The van der Waals surface area contributed by atoms with Crippen LogP contribution in [0.1, 0.15) is 49.5 Å². The zero-order chi connectivity index (χ0) is 26.2. The molecule has 3 aromatic rings. The highest BCUT2D eigenvalue weighted by Gasteiger charge is 2.31. The Morgan fingerprint density at radius 3 is 2.92 bits per heavy atom. The van der Waals surface area contributed by atoms with Crippen LogP contribution in [0.5, 0.6) is 0 Å². The number of piperidine rings is 1. The molecule has 1 amide bonds. The van der Waals surface area contributed by atoms with Crippen LogP contribution >= 0.6 is 0 Å². The van der Waals surface area contributed by atoms with Gasteiger partial charge in [-0.15, -0.1) is 0 Å². The number of aliphatic imine (C=N–C) groups is 1. The van der Waals surface area contributed by atoms with Crippen LogP contribution in [0.2, 0.25) is 0 Å². The number of nitrogens with one attached hydrogen (secondary N) is 2. The Morgan fingerprint density at radius 2 is 2.14 bits per heavy atom. The fourth-order valence-corrected chi connectivity index (χ4v) is 5.01. The molecule has 1 atom stereocenters. The molecule has 0 radical (unpaired) electrons. The van der Waals surface area contributed by atoms with E-state index < -0.39 is 5.60 Å². The van der Waals surface area contributed by atoms with Crippen LogP contribution in [-0.4, -0.2) is 60.7 Å². The summed E-state index contributed by atoms with van der Waals surface area (Å²) >= 11 is 0. The van der Waals surface area contributed by atoms with E-state index in [1.807, 2.05) is 42.7 Å². The van der Waals surface area contributed by atoms with Crippen molar-refractivity contribution in [3.05, 3.63) is 65.7 Å². The van der Waals surface area contributed by atoms with Gasteiger partial charge in [-0.25, -0.2) is 15.0 Å². The first-order valence-electron chi connectivity index (χ1n) is 12.4. The average Bonchev–Trinajstić information content (AvgIpc) is 3.50. The van der Waals surface area contributed by atoms with Crippen molar-refractivity contribution in [2.75, 3.05) is 18.4 Å². The first kappa shape index (κ1) is 24.6. The number of allylic oxidation sites excluding steroid dienone is 3. The van der Waals surface area contributed by atoms with Gasteiger partial charge >= 0.3 is 0 Å². The molecule has 0 saturated carbocycles. The molecule has 1 saturated heterocycles. The minimum Gasteiger partial charge on any atom is -0.390 e. The molecule has 3 aromatic heterocycles. The predicted octanol–water partition coefficient (Wildman–Crippen LogP) is 3.38. The van der Waals surface area contributed by atoms with Gasteiger partial charge in [0.05, 0.1) is 40.6 Å². The van der Waals surface area contributed by atoms with Gasteiger partial charge in [0.25, 0.3) is 5.91 Å². The quantitative estimate of drug-likeness (QED) is 0.336. The lowest BCUT2D eigenvalue weighted by Gasteiger charge is -2.40. The van der Waals surface area contributed by atoms with Gasteiger partial charge in [-0.05, 0) is 58.5 Å². The van der Waals surface area contributed by atoms with E-state index in [1.165, 1.54) is 0 Å². The number of imidazole rings is 1.